The number of nitrogens with zero attached hydrogens (tertiary/aromatic N) is 2. The molecule has 78 valence electrons. The fourth-order valence-corrected chi connectivity index (χ4v) is 1.24. The predicted octanol–water partition coefficient (Wildman–Crippen LogP) is 3.69. The molecule has 1 aromatic rings. The summed E-state index contributed by atoms with van der Waals surface area (Å²) >= 11 is 11.0. The summed E-state index contributed by atoms with van der Waals surface area (Å²) in [5, 5.41) is -0.201. The van der Waals surface area contributed by atoms with Gasteiger partial charge in [-0.25, -0.2) is 4.99 Å². The van der Waals surface area contributed by atoms with Gasteiger partial charge in [-0.05, 0) is 43.4 Å². The van der Waals surface area contributed by atoms with Crippen LogP contribution in [0.4, 0.5) is 11.4 Å². The van der Waals surface area contributed by atoms with Crippen LogP contribution in [0.5, 0.6) is 0 Å². The standard InChI is InChI=1S/C10H8Cl2N2O/c1-6(11)14-9-5-7(10(12)15)3-4-8(9)13-2/h3-5H,2H2,1H3/b14-6+. The fourth-order valence-electron chi connectivity index (χ4n) is 1.03. The van der Waals surface area contributed by atoms with Crippen LogP contribution in [0.15, 0.2) is 28.2 Å². The molecule has 0 spiro atoms. The van der Waals surface area contributed by atoms with Gasteiger partial charge in [-0.3, -0.25) is 9.79 Å². The molecule has 1 aromatic carbocycles. The molecule has 0 fully saturated rings. The van der Waals surface area contributed by atoms with Gasteiger partial charge in [-0.15, -0.1) is 0 Å². The average Bonchev–Trinajstić information content (AvgIpc) is 2.16. The Morgan fingerprint density at radius 3 is 2.47 bits per heavy atom. The highest BCUT2D eigenvalue weighted by molar-refractivity contribution is 6.67. The lowest BCUT2D eigenvalue weighted by Crippen LogP contribution is -1.87. The highest BCUT2D eigenvalue weighted by Crippen LogP contribution is 2.29. The van der Waals surface area contributed by atoms with Gasteiger partial charge in [0, 0.05) is 5.56 Å². The fraction of sp³-hybridized carbons (Fsp3) is 0.100. The molecule has 0 unspecified atom stereocenters. The van der Waals surface area contributed by atoms with Crippen molar-refractivity contribution in [2.75, 3.05) is 0 Å². The second kappa shape index (κ2) is 5.05. The number of hydrogen-bond acceptors (Lipinski definition) is 3. The van der Waals surface area contributed by atoms with Crippen molar-refractivity contribution in [3.05, 3.63) is 23.8 Å². The molecule has 0 heterocycles. The average molecular weight is 243 g/mol. The lowest BCUT2D eigenvalue weighted by molar-refractivity contribution is 0.108. The lowest BCUT2D eigenvalue weighted by atomic mass is 10.2. The van der Waals surface area contributed by atoms with Crippen LogP contribution in [-0.4, -0.2) is 17.1 Å². The van der Waals surface area contributed by atoms with Crippen LogP contribution in [0.25, 0.3) is 0 Å². The van der Waals surface area contributed by atoms with Gasteiger partial charge in [0.15, 0.2) is 0 Å². The van der Waals surface area contributed by atoms with Crippen molar-refractivity contribution in [2.24, 2.45) is 9.98 Å². The smallest absolute Gasteiger partial charge is 0.252 e. The predicted molar refractivity (Wildman–Crippen MR) is 64.5 cm³/mol. The molecular formula is C10H8Cl2N2O. The first-order valence-electron chi connectivity index (χ1n) is 4.06. The van der Waals surface area contributed by atoms with Crippen molar-refractivity contribution in [3.8, 4) is 0 Å². The number of benzene rings is 1. The molecule has 1 rings (SSSR count). The molecule has 3 nitrogen and oxygen atoms in total. The Morgan fingerprint density at radius 1 is 1.33 bits per heavy atom. The highest BCUT2D eigenvalue weighted by atomic mass is 35.5. The van der Waals surface area contributed by atoms with Crippen molar-refractivity contribution in [2.45, 2.75) is 6.92 Å². The molecule has 0 aliphatic carbocycles. The summed E-state index contributed by atoms with van der Waals surface area (Å²) in [5.41, 5.74) is 1.38. The van der Waals surface area contributed by atoms with Crippen LogP contribution in [0, 0.1) is 0 Å². The number of hydrogen-bond donors (Lipinski definition) is 0. The van der Waals surface area contributed by atoms with Crippen LogP contribution in [0.3, 0.4) is 0 Å². The minimum atomic E-state index is -0.547. The first kappa shape index (κ1) is 11.9. The van der Waals surface area contributed by atoms with Gasteiger partial charge in [0.2, 0.25) is 0 Å². The topological polar surface area (TPSA) is 41.8 Å². The Labute approximate surface area is 97.4 Å². The zero-order valence-corrected chi connectivity index (χ0v) is 9.51. The monoisotopic (exact) mass is 242 g/mol. The summed E-state index contributed by atoms with van der Waals surface area (Å²) < 4.78 is 0. The Bertz CT molecular complexity index is 437. The Hall–Kier alpha value is -1.19. The minimum absolute atomic E-state index is 0.346. The number of halogens is 2. The molecule has 0 bridgehead atoms. The number of carbonyl (C=O) groups is 1. The van der Waals surface area contributed by atoms with E-state index in [0.717, 1.165) is 0 Å². The molecule has 0 saturated heterocycles. The van der Waals surface area contributed by atoms with E-state index in [-0.39, 0.29) is 0 Å². The van der Waals surface area contributed by atoms with Gasteiger partial charge < -0.3 is 0 Å². The molecule has 5 heteroatoms. The van der Waals surface area contributed by atoms with E-state index in [1.165, 1.54) is 6.07 Å². The molecule has 0 amide bonds. The third-order valence-corrected chi connectivity index (χ3v) is 1.95. The van der Waals surface area contributed by atoms with Crippen molar-refractivity contribution in [1.29, 1.82) is 0 Å². The molecular weight excluding hydrogens is 235 g/mol. The zero-order valence-electron chi connectivity index (χ0n) is 8.00. The van der Waals surface area contributed by atoms with Crippen LogP contribution < -0.4 is 0 Å². The number of aliphatic imine (C=N–C) groups is 2. The highest BCUT2D eigenvalue weighted by Gasteiger charge is 2.06. The molecule has 0 aliphatic rings. The first-order chi connectivity index (χ1) is 7.04. The Balaban J connectivity index is 3.31. The minimum Gasteiger partial charge on any atom is -0.276 e. The van der Waals surface area contributed by atoms with Gasteiger partial charge in [0.25, 0.3) is 5.24 Å². The molecule has 0 aliphatic heterocycles. The molecule has 0 saturated carbocycles. The SMILES string of the molecule is C=Nc1ccc(C(=O)Cl)cc1/N=C(\C)Cl. The third-order valence-electron chi connectivity index (χ3n) is 1.65. The quantitative estimate of drug-likeness (QED) is 0.589. The number of carbonyl (C=O) groups excluding carboxylic acids is 1. The van der Waals surface area contributed by atoms with E-state index in [4.69, 9.17) is 23.2 Å². The van der Waals surface area contributed by atoms with Crippen LogP contribution in [-0.2, 0) is 0 Å². The molecule has 15 heavy (non-hydrogen) atoms. The summed E-state index contributed by atoms with van der Waals surface area (Å²) in [7, 11) is 0. The van der Waals surface area contributed by atoms with Gasteiger partial charge >= 0.3 is 0 Å². The maximum absolute atomic E-state index is 10.9. The second-order valence-corrected chi connectivity index (χ2v) is 3.63. The van der Waals surface area contributed by atoms with E-state index >= 15 is 0 Å². The van der Waals surface area contributed by atoms with E-state index in [2.05, 4.69) is 16.7 Å². The maximum Gasteiger partial charge on any atom is 0.252 e. The third kappa shape index (κ3) is 3.15. The molecule has 0 atom stereocenters. The van der Waals surface area contributed by atoms with Crippen LogP contribution >= 0.6 is 23.2 Å². The Morgan fingerprint density at radius 2 is 2.00 bits per heavy atom. The zero-order chi connectivity index (χ0) is 11.4. The molecule has 0 radical (unpaired) electrons. The van der Waals surface area contributed by atoms with E-state index in [1.807, 2.05) is 0 Å². The van der Waals surface area contributed by atoms with Crippen molar-refractivity contribution in [3.63, 3.8) is 0 Å². The lowest BCUT2D eigenvalue weighted by Gasteiger charge is -2.01. The van der Waals surface area contributed by atoms with Gasteiger partial charge in [-0.1, -0.05) is 11.6 Å². The van der Waals surface area contributed by atoms with E-state index < -0.39 is 5.24 Å². The maximum atomic E-state index is 10.9. The van der Waals surface area contributed by atoms with Crippen LogP contribution in [0.2, 0.25) is 0 Å². The normalized spacial score (nSPS) is 11.3. The first-order valence-corrected chi connectivity index (χ1v) is 4.81. The van der Waals surface area contributed by atoms with Crippen molar-refractivity contribution in [1.82, 2.24) is 0 Å². The summed E-state index contributed by atoms with van der Waals surface area (Å²) in [6.45, 7) is 5.02. The molecule has 0 N–H and O–H groups in total. The largest absolute Gasteiger partial charge is 0.276 e. The Kier molecular flexibility index (Phi) is 4.00. The van der Waals surface area contributed by atoms with Gasteiger partial charge in [0.1, 0.15) is 5.17 Å². The summed E-state index contributed by atoms with van der Waals surface area (Å²) in [6, 6.07) is 4.69. The molecule has 0 aromatic heterocycles. The summed E-state index contributed by atoms with van der Waals surface area (Å²) in [4.78, 5) is 18.7. The van der Waals surface area contributed by atoms with Gasteiger partial charge in [0.05, 0.1) is 11.4 Å². The summed E-state index contributed by atoms with van der Waals surface area (Å²) in [6.07, 6.45) is 0. The van der Waals surface area contributed by atoms with E-state index in [0.29, 0.717) is 22.1 Å². The van der Waals surface area contributed by atoms with Crippen molar-refractivity contribution >= 4 is 51.7 Å². The van der Waals surface area contributed by atoms with Gasteiger partial charge in [-0.2, -0.15) is 0 Å². The summed E-state index contributed by atoms with van der Waals surface area (Å²) in [5.74, 6) is 0. The second-order valence-electron chi connectivity index (χ2n) is 2.74. The number of rotatable bonds is 3. The van der Waals surface area contributed by atoms with E-state index in [9.17, 15) is 4.79 Å². The van der Waals surface area contributed by atoms with Crippen LogP contribution in [0.1, 0.15) is 17.3 Å². The van der Waals surface area contributed by atoms with Crippen molar-refractivity contribution < 1.29 is 4.79 Å². The van der Waals surface area contributed by atoms with E-state index in [1.54, 1.807) is 19.1 Å².